The number of rotatable bonds is 8. The van der Waals surface area contributed by atoms with Crippen molar-refractivity contribution in [3.05, 3.63) is 59.7 Å². The van der Waals surface area contributed by atoms with Gasteiger partial charge in [-0.1, -0.05) is 18.2 Å². The molecular weight excluding hydrogens is 308 g/mol. The molecule has 5 heteroatoms. The van der Waals surface area contributed by atoms with E-state index in [-0.39, 0.29) is 0 Å². The SMILES string of the molecule is COc1cc(/C=C/C(=O)O)ccc1OCCOc1cccc(C)c1. The van der Waals surface area contributed by atoms with Gasteiger partial charge in [0.1, 0.15) is 19.0 Å². The molecule has 2 rings (SSSR count). The third-order valence-electron chi connectivity index (χ3n) is 3.21. The third-order valence-corrected chi connectivity index (χ3v) is 3.21. The first-order valence-corrected chi connectivity index (χ1v) is 7.50. The molecule has 24 heavy (non-hydrogen) atoms. The molecule has 0 bridgehead atoms. The number of hydrogen-bond donors (Lipinski definition) is 1. The molecule has 1 N–H and O–H groups in total. The minimum Gasteiger partial charge on any atom is -0.493 e. The molecule has 126 valence electrons. The van der Waals surface area contributed by atoms with Gasteiger partial charge in [-0.05, 0) is 48.4 Å². The summed E-state index contributed by atoms with van der Waals surface area (Å²) in [6, 6.07) is 13.0. The summed E-state index contributed by atoms with van der Waals surface area (Å²) in [5.74, 6) is 0.929. The molecule has 0 radical (unpaired) electrons. The van der Waals surface area contributed by atoms with Gasteiger partial charge in [-0.2, -0.15) is 0 Å². The monoisotopic (exact) mass is 328 g/mol. The Bertz CT molecular complexity index is 721. The van der Waals surface area contributed by atoms with Crippen molar-refractivity contribution in [2.24, 2.45) is 0 Å². The van der Waals surface area contributed by atoms with Crippen LogP contribution >= 0.6 is 0 Å². The van der Waals surface area contributed by atoms with E-state index in [0.29, 0.717) is 24.7 Å². The quantitative estimate of drug-likeness (QED) is 0.593. The highest BCUT2D eigenvalue weighted by Gasteiger charge is 2.05. The number of benzene rings is 2. The van der Waals surface area contributed by atoms with Gasteiger partial charge in [-0.3, -0.25) is 0 Å². The largest absolute Gasteiger partial charge is 0.493 e. The lowest BCUT2D eigenvalue weighted by Gasteiger charge is -2.12. The topological polar surface area (TPSA) is 65.0 Å². The van der Waals surface area contributed by atoms with Crippen LogP contribution in [0.25, 0.3) is 6.08 Å². The summed E-state index contributed by atoms with van der Waals surface area (Å²) in [5, 5.41) is 8.65. The van der Waals surface area contributed by atoms with Crippen LogP contribution in [-0.4, -0.2) is 31.4 Å². The summed E-state index contributed by atoms with van der Waals surface area (Å²) in [6.07, 6.45) is 2.57. The number of ether oxygens (including phenoxy) is 3. The average molecular weight is 328 g/mol. The van der Waals surface area contributed by atoms with Gasteiger partial charge in [0, 0.05) is 6.08 Å². The van der Waals surface area contributed by atoms with Gasteiger partial charge in [-0.15, -0.1) is 0 Å². The molecule has 0 saturated carbocycles. The Morgan fingerprint density at radius 1 is 1.08 bits per heavy atom. The van der Waals surface area contributed by atoms with Crippen molar-refractivity contribution >= 4 is 12.0 Å². The Morgan fingerprint density at radius 3 is 2.58 bits per heavy atom. The molecule has 0 fully saturated rings. The van der Waals surface area contributed by atoms with Gasteiger partial charge in [-0.25, -0.2) is 4.79 Å². The minimum atomic E-state index is -0.998. The van der Waals surface area contributed by atoms with Crippen molar-refractivity contribution < 1.29 is 24.1 Å². The normalized spacial score (nSPS) is 10.6. The third kappa shape index (κ3) is 5.35. The fraction of sp³-hybridized carbons (Fsp3) is 0.211. The summed E-state index contributed by atoms with van der Waals surface area (Å²) in [4.78, 5) is 10.5. The van der Waals surface area contributed by atoms with Crippen LogP contribution in [0.1, 0.15) is 11.1 Å². The molecule has 5 nitrogen and oxygen atoms in total. The highest BCUT2D eigenvalue weighted by atomic mass is 16.5. The summed E-state index contributed by atoms with van der Waals surface area (Å²) < 4.78 is 16.6. The van der Waals surface area contributed by atoms with Crippen LogP contribution < -0.4 is 14.2 Å². The van der Waals surface area contributed by atoms with Crippen LogP contribution in [0.2, 0.25) is 0 Å². The number of hydrogen-bond acceptors (Lipinski definition) is 4. The fourth-order valence-electron chi connectivity index (χ4n) is 2.09. The second-order valence-electron chi connectivity index (χ2n) is 5.10. The molecule has 0 aromatic heterocycles. The van der Waals surface area contributed by atoms with Gasteiger partial charge in [0.15, 0.2) is 11.5 Å². The molecule has 0 unspecified atom stereocenters. The maximum absolute atomic E-state index is 10.5. The highest BCUT2D eigenvalue weighted by Crippen LogP contribution is 2.28. The molecule has 0 aliphatic rings. The van der Waals surface area contributed by atoms with Gasteiger partial charge in [0.25, 0.3) is 0 Å². The number of aliphatic carboxylic acids is 1. The van der Waals surface area contributed by atoms with Crippen molar-refractivity contribution in [2.45, 2.75) is 6.92 Å². The second kappa shape index (κ2) is 8.62. The van der Waals surface area contributed by atoms with Crippen molar-refractivity contribution in [1.82, 2.24) is 0 Å². The van der Waals surface area contributed by atoms with E-state index in [2.05, 4.69) is 0 Å². The Labute approximate surface area is 141 Å². The molecule has 0 heterocycles. The summed E-state index contributed by atoms with van der Waals surface area (Å²) in [7, 11) is 1.54. The van der Waals surface area contributed by atoms with E-state index in [0.717, 1.165) is 23.0 Å². The lowest BCUT2D eigenvalue weighted by Crippen LogP contribution is -2.09. The molecule has 0 spiro atoms. The van der Waals surface area contributed by atoms with E-state index >= 15 is 0 Å². The van der Waals surface area contributed by atoms with Crippen LogP contribution in [-0.2, 0) is 4.79 Å². The van der Waals surface area contributed by atoms with Crippen LogP contribution in [0.5, 0.6) is 17.2 Å². The number of carboxylic acid groups (broad SMARTS) is 1. The molecule has 0 amide bonds. The zero-order valence-corrected chi connectivity index (χ0v) is 13.7. The van der Waals surface area contributed by atoms with E-state index in [1.807, 2.05) is 31.2 Å². The molecule has 0 atom stereocenters. The van der Waals surface area contributed by atoms with Gasteiger partial charge < -0.3 is 19.3 Å². The van der Waals surface area contributed by atoms with Gasteiger partial charge >= 0.3 is 5.97 Å². The number of carbonyl (C=O) groups is 1. The highest BCUT2D eigenvalue weighted by molar-refractivity contribution is 5.85. The molecule has 0 aliphatic carbocycles. The van der Waals surface area contributed by atoms with E-state index in [1.54, 1.807) is 18.2 Å². The first-order chi connectivity index (χ1) is 11.6. The maximum Gasteiger partial charge on any atom is 0.328 e. The lowest BCUT2D eigenvalue weighted by atomic mass is 10.2. The lowest BCUT2D eigenvalue weighted by molar-refractivity contribution is -0.131. The van der Waals surface area contributed by atoms with E-state index in [9.17, 15) is 4.79 Å². The summed E-state index contributed by atoms with van der Waals surface area (Å²) in [6.45, 7) is 2.79. The van der Waals surface area contributed by atoms with Crippen LogP contribution in [0.15, 0.2) is 48.5 Å². The minimum absolute atomic E-state index is 0.370. The number of carboxylic acids is 1. The zero-order chi connectivity index (χ0) is 17.4. The molecule has 0 aliphatic heterocycles. The van der Waals surface area contributed by atoms with Crippen LogP contribution in [0.3, 0.4) is 0 Å². The Kier molecular flexibility index (Phi) is 6.25. The number of aryl methyl sites for hydroxylation is 1. The van der Waals surface area contributed by atoms with Crippen molar-refractivity contribution in [3.8, 4) is 17.2 Å². The predicted molar refractivity (Wildman–Crippen MR) is 91.8 cm³/mol. The first-order valence-electron chi connectivity index (χ1n) is 7.50. The van der Waals surface area contributed by atoms with Crippen LogP contribution in [0.4, 0.5) is 0 Å². The smallest absolute Gasteiger partial charge is 0.328 e. The maximum atomic E-state index is 10.5. The second-order valence-corrected chi connectivity index (χ2v) is 5.10. The molecule has 2 aromatic carbocycles. The molecular formula is C19H20O5. The zero-order valence-electron chi connectivity index (χ0n) is 13.7. The fourth-order valence-corrected chi connectivity index (χ4v) is 2.09. The van der Waals surface area contributed by atoms with Gasteiger partial charge in [0.2, 0.25) is 0 Å². The van der Waals surface area contributed by atoms with Crippen LogP contribution in [0, 0.1) is 6.92 Å². The predicted octanol–water partition coefficient (Wildman–Crippen LogP) is 3.56. The standard InChI is InChI=1S/C19H20O5/c1-14-4-3-5-16(12-14)23-10-11-24-17-8-6-15(7-9-19(20)21)13-18(17)22-2/h3-9,12-13H,10-11H2,1-2H3,(H,20,21)/b9-7+. The summed E-state index contributed by atoms with van der Waals surface area (Å²) in [5.41, 5.74) is 1.86. The summed E-state index contributed by atoms with van der Waals surface area (Å²) >= 11 is 0. The first kappa shape index (κ1) is 17.4. The van der Waals surface area contributed by atoms with Crippen molar-refractivity contribution in [2.75, 3.05) is 20.3 Å². The number of methoxy groups -OCH3 is 1. The van der Waals surface area contributed by atoms with Gasteiger partial charge in [0.05, 0.1) is 7.11 Å². The van der Waals surface area contributed by atoms with Crippen molar-refractivity contribution in [1.29, 1.82) is 0 Å². The Hall–Kier alpha value is -2.95. The van der Waals surface area contributed by atoms with Crippen molar-refractivity contribution in [3.63, 3.8) is 0 Å². The average Bonchev–Trinajstić information content (AvgIpc) is 2.57. The Balaban J connectivity index is 1.91. The van der Waals surface area contributed by atoms with E-state index in [4.69, 9.17) is 19.3 Å². The van der Waals surface area contributed by atoms with E-state index in [1.165, 1.54) is 13.2 Å². The Morgan fingerprint density at radius 2 is 1.88 bits per heavy atom. The molecule has 2 aromatic rings. The van der Waals surface area contributed by atoms with E-state index < -0.39 is 5.97 Å². The molecule has 0 saturated heterocycles.